The summed E-state index contributed by atoms with van der Waals surface area (Å²) in [7, 11) is 0. The maximum atomic E-state index is 13.8. The first-order valence-corrected chi connectivity index (χ1v) is 10.6. The van der Waals surface area contributed by atoms with E-state index in [4.69, 9.17) is 0 Å². The summed E-state index contributed by atoms with van der Waals surface area (Å²) in [5.74, 6) is -0.354. The summed E-state index contributed by atoms with van der Waals surface area (Å²) >= 11 is 0. The highest BCUT2D eigenvalue weighted by Crippen LogP contribution is 2.24. The molecule has 33 heavy (non-hydrogen) atoms. The van der Waals surface area contributed by atoms with E-state index < -0.39 is 12.1 Å². The van der Waals surface area contributed by atoms with Gasteiger partial charge in [0.2, 0.25) is 17.8 Å². The first-order valence-electron chi connectivity index (χ1n) is 10.6. The lowest BCUT2D eigenvalue weighted by Gasteiger charge is -2.17. The molecule has 170 valence electrons. The molecule has 1 unspecified atom stereocenters. The minimum absolute atomic E-state index is 0.0114. The third kappa shape index (κ3) is 4.38. The van der Waals surface area contributed by atoms with Gasteiger partial charge in [0.05, 0.1) is 19.2 Å². The molecule has 1 aromatic carbocycles. The number of imide groups is 1. The highest BCUT2D eigenvalue weighted by molar-refractivity contribution is 6.15. The van der Waals surface area contributed by atoms with Gasteiger partial charge >= 0.3 is 0 Å². The van der Waals surface area contributed by atoms with Gasteiger partial charge in [0.15, 0.2) is 5.65 Å². The van der Waals surface area contributed by atoms with E-state index in [0.29, 0.717) is 54.6 Å². The summed E-state index contributed by atoms with van der Waals surface area (Å²) in [5, 5.41) is 9.80. The van der Waals surface area contributed by atoms with E-state index in [9.17, 15) is 18.4 Å². The van der Waals surface area contributed by atoms with Crippen LogP contribution >= 0.6 is 0 Å². The van der Waals surface area contributed by atoms with Gasteiger partial charge in [0, 0.05) is 24.2 Å². The average Bonchev–Trinajstić information content (AvgIpc) is 3.47. The van der Waals surface area contributed by atoms with Gasteiger partial charge in [-0.2, -0.15) is 19.6 Å². The number of nitrogens with zero attached hydrogens (tertiary/aromatic N) is 5. The number of anilines is 2. The van der Waals surface area contributed by atoms with E-state index in [1.165, 1.54) is 22.8 Å². The molecule has 2 aromatic heterocycles. The predicted octanol–water partition coefficient (Wildman–Crippen LogP) is 1.90. The van der Waals surface area contributed by atoms with Crippen molar-refractivity contribution in [3.63, 3.8) is 0 Å². The van der Waals surface area contributed by atoms with Crippen molar-refractivity contribution in [3.8, 4) is 0 Å². The van der Waals surface area contributed by atoms with Crippen LogP contribution in [0.3, 0.4) is 0 Å². The molecule has 5 rings (SSSR count). The molecule has 4 heterocycles. The highest BCUT2D eigenvalue weighted by Gasteiger charge is 2.27. The van der Waals surface area contributed by atoms with Gasteiger partial charge in [-0.3, -0.25) is 14.9 Å². The van der Waals surface area contributed by atoms with Crippen molar-refractivity contribution in [2.45, 2.75) is 25.4 Å². The molecule has 2 aliphatic heterocycles. The molecule has 9 nitrogen and oxygen atoms in total. The number of aromatic nitrogens is 4. The number of hydrogen-bond donors (Lipinski definition) is 2. The second-order valence-electron chi connectivity index (χ2n) is 8.04. The molecule has 2 amide bonds. The average molecular weight is 453 g/mol. The Bertz CT molecular complexity index is 1270. The zero-order valence-electron chi connectivity index (χ0n) is 17.6. The molecule has 2 saturated heterocycles. The number of hydrogen-bond acceptors (Lipinski definition) is 7. The van der Waals surface area contributed by atoms with E-state index in [1.807, 2.05) is 6.07 Å². The Balaban J connectivity index is 1.47. The molecule has 2 N–H and O–H groups in total. The summed E-state index contributed by atoms with van der Waals surface area (Å²) in [6.07, 6.45) is 3.11. The van der Waals surface area contributed by atoms with Crippen LogP contribution < -0.4 is 15.5 Å². The van der Waals surface area contributed by atoms with Crippen LogP contribution in [-0.4, -0.2) is 57.2 Å². The third-order valence-electron chi connectivity index (χ3n) is 5.61. The fraction of sp³-hybridized carbons (Fsp3) is 0.318. The van der Waals surface area contributed by atoms with Crippen LogP contribution in [0.1, 0.15) is 24.0 Å². The van der Waals surface area contributed by atoms with Gasteiger partial charge in [-0.15, -0.1) is 0 Å². The first-order chi connectivity index (χ1) is 16.0. The molecule has 2 fully saturated rings. The maximum absolute atomic E-state index is 13.8. The standard InChI is InChI=1S/C22H21F2N7O2/c23-16-3-1-2-13(8-16)4-6-25-21-29-22(30-7-5-17(24)12-30)28-19-15(11-26-31(19)21)9-14-10-18(32)27-20(14)33/h1-3,8-9,11,17H,4-7,10,12H2,(H,25,28,29)(H,27,32,33). The van der Waals surface area contributed by atoms with Crippen LogP contribution in [0.5, 0.6) is 0 Å². The summed E-state index contributed by atoms with van der Waals surface area (Å²) in [6, 6.07) is 6.36. The Kier molecular flexibility index (Phi) is 5.45. The van der Waals surface area contributed by atoms with Gasteiger partial charge in [-0.1, -0.05) is 12.1 Å². The largest absolute Gasteiger partial charge is 0.354 e. The van der Waals surface area contributed by atoms with Crippen molar-refractivity contribution in [2.24, 2.45) is 0 Å². The number of amides is 2. The minimum atomic E-state index is -0.950. The number of nitrogens with one attached hydrogen (secondary N) is 2. The third-order valence-corrected chi connectivity index (χ3v) is 5.61. The Morgan fingerprint density at radius 1 is 1.27 bits per heavy atom. The lowest BCUT2D eigenvalue weighted by molar-refractivity contribution is -0.124. The molecule has 2 aliphatic rings. The molecule has 3 aromatic rings. The Labute approximate surface area is 187 Å². The highest BCUT2D eigenvalue weighted by atomic mass is 19.1. The number of carbonyl (C=O) groups is 2. The van der Waals surface area contributed by atoms with Crippen LogP contribution in [0.2, 0.25) is 0 Å². The van der Waals surface area contributed by atoms with Gasteiger partial charge < -0.3 is 10.2 Å². The number of fused-ring (bicyclic) bond motifs is 1. The van der Waals surface area contributed by atoms with E-state index in [-0.39, 0.29) is 24.7 Å². The Hall–Kier alpha value is -3.89. The number of carbonyl (C=O) groups excluding carboxylic acids is 2. The van der Waals surface area contributed by atoms with Gasteiger partial charge in [0.25, 0.3) is 5.91 Å². The number of halogens is 2. The van der Waals surface area contributed by atoms with Crippen LogP contribution in [0.15, 0.2) is 36.0 Å². The number of alkyl halides is 1. The van der Waals surface area contributed by atoms with Crippen molar-refractivity contribution in [1.29, 1.82) is 0 Å². The predicted molar refractivity (Wildman–Crippen MR) is 117 cm³/mol. The zero-order chi connectivity index (χ0) is 22.9. The van der Waals surface area contributed by atoms with Crippen LogP contribution in [0.25, 0.3) is 11.7 Å². The quantitative estimate of drug-likeness (QED) is 0.434. The van der Waals surface area contributed by atoms with E-state index >= 15 is 0 Å². The molecule has 0 aliphatic carbocycles. The molecule has 11 heteroatoms. The van der Waals surface area contributed by atoms with Gasteiger partial charge in [-0.25, -0.2) is 8.78 Å². The van der Waals surface area contributed by atoms with Crippen LogP contribution in [0, 0.1) is 5.82 Å². The molecule has 0 bridgehead atoms. The van der Waals surface area contributed by atoms with Gasteiger partial charge in [-0.05, 0) is 36.6 Å². The fourth-order valence-corrected chi connectivity index (χ4v) is 3.96. The summed E-state index contributed by atoms with van der Waals surface area (Å²) in [5.41, 5.74) is 2.12. The summed E-state index contributed by atoms with van der Waals surface area (Å²) < 4.78 is 28.8. The summed E-state index contributed by atoms with van der Waals surface area (Å²) in [6.45, 7) is 1.13. The van der Waals surface area contributed by atoms with E-state index in [0.717, 1.165) is 5.56 Å². The van der Waals surface area contributed by atoms with Crippen LogP contribution in [-0.2, 0) is 16.0 Å². The Morgan fingerprint density at radius 3 is 2.88 bits per heavy atom. The lowest BCUT2D eigenvalue weighted by Crippen LogP contribution is -2.24. The second-order valence-corrected chi connectivity index (χ2v) is 8.04. The smallest absolute Gasteiger partial charge is 0.254 e. The van der Waals surface area contributed by atoms with Gasteiger partial charge in [0.1, 0.15) is 12.0 Å². The molecule has 1 atom stereocenters. The number of benzene rings is 1. The number of rotatable bonds is 6. The Morgan fingerprint density at radius 2 is 2.15 bits per heavy atom. The molecule has 0 radical (unpaired) electrons. The van der Waals surface area contributed by atoms with Crippen molar-refractivity contribution < 1.29 is 18.4 Å². The minimum Gasteiger partial charge on any atom is -0.354 e. The SMILES string of the molecule is O=C1CC(=Cc2cnn3c(NCCc4cccc(F)c4)nc(N4CCC(F)C4)nc23)C(=O)N1. The van der Waals surface area contributed by atoms with Crippen molar-refractivity contribution in [1.82, 2.24) is 24.9 Å². The first kappa shape index (κ1) is 21.0. The molecule has 0 spiro atoms. The zero-order valence-corrected chi connectivity index (χ0v) is 17.6. The lowest BCUT2D eigenvalue weighted by atomic mass is 10.1. The monoisotopic (exact) mass is 453 g/mol. The van der Waals surface area contributed by atoms with Crippen LogP contribution in [0.4, 0.5) is 20.7 Å². The van der Waals surface area contributed by atoms with E-state index in [1.54, 1.807) is 17.0 Å². The topological polar surface area (TPSA) is 105 Å². The maximum Gasteiger partial charge on any atom is 0.254 e. The van der Waals surface area contributed by atoms with E-state index in [2.05, 4.69) is 25.7 Å². The second kappa shape index (κ2) is 8.57. The molecular weight excluding hydrogens is 432 g/mol. The van der Waals surface area contributed by atoms with Crippen molar-refractivity contribution >= 4 is 35.4 Å². The van der Waals surface area contributed by atoms with Crippen molar-refractivity contribution in [2.75, 3.05) is 29.9 Å². The molecule has 0 saturated carbocycles. The molecular formula is C22H21F2N7O2. The van der Waals surface area contributed by atoms with Crippen molar-refractivity contribution in [3.05, 3.63) is 53.0 Å². The normalized spacial score (nSPS) is 19.6. The fourth-order valence-electron chi connectivity index (χ4n) is 3.96. The summed E-state index contributed by atoms with van der Waals surface area (Å²) in [4.78, 5) is 34.4.